The molecule has 2 aromatic rings. The van der Waals surface area contributed by atoms with Crippen LogP contribution >= 0.6 is 0 Å². The van der Waals surface area contributed by atoms with Gasteiger partial charge in [0.05, 0.1) is 5.56 Å². The first-order chi connectivity index (χ1) is 8.61. The van der Waals surface area contributed by atoms with E-state index in [0.717, 1.165) is 6.08 Å². The molecule has 90 valence electrons. The van der Waals surface area contributed by atoms with E-state index < -0.39 is 11.9 Å². The molecular weight excluding hydrogens is 232 g/mol. The SMILES string of the molecule is C=CC(=O)Oc1cc(C(=O)O)cc2ccccc12. The van der Waals surface area contributed by atoms with Crippen LogP contribution in [0.15, 0.2) is 49.1 Å². The van der Waals surface area contributed by atoms with E-state index in [1.54, 1.807) is 24.3 Å². The minimum atomic E-state index is -1.07. The first kappa shape index (κ1) is 11.9. The van der Waals surface area contributed by atoms with Crippen molar-refractivity contribution in [1.29, 1.82) is 0 Å². The minimum absolute atomic E-state index is 0.0700. The third kappa shape index (κ3) is 2.22. The van der Waals surface area contributed by atoms with Gasteiger partial charge in [-0.2, -0.15) is 0 Å². The third-order valence-corrected chi connectivity index (χ3v) is 2.45. The third-order valence-electron chi connectivity index (χ3n) is 2.45. The molecule has 0 fully saturated rings. The van der Waals surface area contributed by atoms with Gasteiger partial charge in [-0.3, -0.25) is 0 Å². The Morgan fingerprint density at radius 3 is 2.61 bits per heavy atom. The maximum Gasteiger partial charge on any atom is 0.335 e. The zero-order chi connectivity index (χ0) is 13.1. The quantitative estimate of drug-likeness (QED) is 0.510. The number of fused-ring (bicyclic) bond motifs is 1. The van der Waals surface area contributed by atoms with Crippen LogP contribution < -0.4 is 4.74 Å². The molecule has 0 aliphatic heterocycles. The average molecular weight is 242 g/mol. The molecule has 0 aliphatic rings. The molecule has 0 aliphatic carbocycles. The summed E-state index contributed by atoms with van der Waals surface area (Å²) in [6.07, 6.45) is 1.03. The molecule has 0 amide bonds. The summed E-state index contributed by atoms with van der Waals surface area (Å²) >= 11 is 0. The van der Waals surface area contributed by atoms with Crippen LogP contribution in [0.2, 0.25) is 0 Å². The molecule has 0 spiro atoms. The fraction of sp³-hybridized carbons (Fsp3) is 0. The van der Waals surface area contributed by atoms with Gasteiger partial charge in [0, 0.05) is 11.5 Å². The highest BCUT2D eigenvalue weighted by molar-refractivity contribution is 5.99. The topological polar surface area (TPSA) is 63.6 Å². The number of carboxylic acids is 1. The lowest BCUT2D eigenvalue weighted by atomic mass is 10.1. The molecule has 2 rings (SSSR count). The van der Waals surface area contributed by atoms with E-state index in [0.29, 0.717) is 10.8 Å². The average Bonchev–Trinajstić information content (AvgIpc) is 2.38. The first-order valence-electron chi connectivity index (χ1n) is 5.22. The summed E-state index contributed by atoms with van der Waals surface area (Å²) in [5.74, 6) is -1.48. The lowest BCUT2D eigenvalue weighted by Gasteiger charge is -2.07. The Bertz CT molecular complexity index is 643. The van der Waals surface area contributed by atoms with Crippen LogP contribution in [0.25, 0.3) is 10.8 Å². The molecule has 4 heteroatoms. The summed E-state index contributed by atoms with van der Waals surface area (Å²) in [6.45, 7) is 3.30. The second-order valence-corrected chi connectivity index (χ2v) is 3.63. The molecule has 0 bridgehead atoms. The Balaban J connectivity index is 2.64. The van der Waals surface area contributed by atoms with E-state index in [2.05, 4.69) is 6.58 Å². The van der Waals surface area contributed by atoms with Crippen LogP contribution in [0.4, 0.5) is 0 Å². The van der Waals surface area contributed by atoms with Crippen molar-refractivity contribution in [2.24, 2.45) is 0 Å². The standard InChI is InChI=1S/C14H10O4/c1-2-13(15)18-12-8-10(14(16)17)7-9-5-3-4-6-11(9)12/h2-8H,1H2,(H,16,17). The number of aromatic carboxylic acids is 1. The van der Waals surface area contributed by atoms with Crippen LogP contribution in [-0.2, 0) is 4.79 Å². The molecule has 0 radical (unpaired) electrons. The molecule has 2 aromatic carbocycles. The summed E-state index contributed by atoms with van der Waals surface area (Å²) in [5.41, 5.74) is 0.0700. The zero-order valence-electron chi connectivity index (χ0n) is 9.42. The predicted octanol–water partition coefficient (Wildman–Crippen LogP) is 2.63. The van der Waals surface area contributed by atoms with Gasteiger partial charge in [0.25, 0.3) is 0 Å². The van der Waals surface area contributed by atoms with Gasteiger partial charge in [-0.05, 0) is 17.5 Å². The summed E-state index contributed by atoms with van der Waals surface area (Å²) in [7, 11) is 0. The summed E-state index contributed by atoms with van der Waals surface area (Å²) in [6, 6.07) is 9.94. The minimum Gasteiger partial charge on any atom is -0.478 e. The van der Waals surface area contributed by atoms with Gasteiger partial charge in [-0.15, -0.1) is 0 Å². The van der Waals surface area contributed by atoms with Crippen LogP contribution in [0, 0.1) is 0 Å². The van der Waals surface area contributed by atoms with E-state index in [-0.39, 0.29) is 11.3 Å². The maximum absolute atomic E-state index is 11.2. The smallest absolute Gasteiger partial charge is 0.335 e. The van der Waals surface area contributed by atoms with Crippen LogP contribution in [0.3, 0.4) is 0 Å². The first-order valence-corrected chi connectivity index (χ1v) is 5.22. The number of carboxylic acid groups (broad SMARTS) is 1. The van der Waals surface area contributed by atoms with Gasteiger partial charge in [-0.25, -0.2) is 9.59 Å². The summed E-state index contributed by atoms with van der Waals surface area (Å²) < 4.78 is 5.05. The van der Waals surface area contributed by atoms with Gasteiger partial charge in [0.2, 0.25) is 0 Å². The fourth-order valence-electron chi connectivity index (χ4n) is 1.63. The number of carbonyl (C=O) groups is 2. The van der Waals surface area contributed by atoms with E-state index in [1.165, 1.54) is 12.1 Å². The Labute approximate surface area is 103 Å². The van der Waals surface area contributed by atoms with E-state index in [4.69, 9.17) is 9.84 Å². The van der Waals surface area contributed by atoms with Gasteiger partial charge in [0.1, 0.15) is 5.75 Å². The lowest BCUT2D eigenvalue weighted by Crippen LogP contribution is -2.05. The number of hydrogen-bond donors (Lipinski definition) is 1. The second kappa shape index (κ2) is 4.71. The number of hydrogen-bond acceptors (Lipinski definition) is 3. The normalized spacial score (nSPS) is 10.0. The van der Waals surface area contributed by atoms with Gasteiger partial charge in [-0.1, -0.05) is 30.8 Å². The van der Waals surface area contributed by atoms with Crippen molar-refractivity contribution < 1.29 is 19.4 Å². The monoisotopic (exact) mass is 242 g/mol. The van der Waals surface area contributed by atoms with Crippen molar-refractivity contribution in [2.45, 2.75) is 0 Å². The highest BCUT2D eigenvalue weighted by Gasteiger charge is 2.11. The van der Waals surface area contributed by atoms with Gasteiger partial charge >= 0.3 is 11.9 Å². The van der Waals surface area contributed by atoms with E-state index in [9.17, 15) is 9.59 Å². The molecular formula is C14H10O4. The van der Waals surface area contributed by atoms with Crippen LogP contribution in [0.1, 0.15) is 10.4 Å². The molecule has 1 N–H and O–H groups in total. The zero-order valence-corrected chi connectivity index (χ0v) is 9.42. The number of ether oxygens (including phenoxy) is 1. The number of rotatable bonds is 3. The van der Waals surface area contributed by atoms with Crippen molar-refractivity contribution in [1.82, 2.24) is 0 Å². The van der Waals surface area contributed by atoms with Crippen molar-refractivity contribution >= 4 is 22.7 Å². The van der Waals surface area contributed by atoms with Crippen molar-refractivity contribution in [3.05, 3.63) is 54.6 Å². The van der Waals surface area contributed by atoms with Crippen LogP contribution in [-0.4, -0.2) is 17.0 Å². The van der Waals surface area contributed by atoms with Gasteiger partial charge in [0.15, 0.2) is 0 Å². The Kier molecular flexibility index (Phi) is 3.10. The van der Waals surface area contributed by atoms with E-state index in [1.807, 2.05) is 0 Å². The Morgan fingerprint density at radius 1 is 1.22 bits per heavy atom. The molecule has 0 atom stereocenters. The molecule has 0 heterocycles. The molecule has 18 heavy (non-hydrogen) atoms. The van der Waals surface area contributed by atoms with Crippen molar-refractivity contribution in [3.8, 4) is 5.75 Å². The molecule has 0 saturated carbocycles. The number of benzene rings is 2. The molecule has 0 aromatic heterocycles. The van der Waals surface area contributed by atoms with E-state index >= 15 is 0 Å². The maximum atomic E-state index is 11.2. The number of carbonyl (C=O) groups excluding carboxylic acids is 1. The highest BCUT2D eigenvalue weighted by Crippen LogP contribution is 2.27. The molecule has 4 nitrogen and oxygen atoms in total. The lowest BCUT2D eigenvalue weighted by molar-refractivity contribution is -0.128. The Hall–Kier alpha value is -2.62. The summed E-state index contributed by atoms with van der Waals surface area (Å²) in [4.78, 5) is 22.2. The highest BCUT2D eigenvalue weighted by atomic mass is 16.5. The van der Waals surface area contributed by atoms with Gasteiger partial charge < -0.3 is 9.84 Å². The van der Waals surface area contributed by atoms with Crippen molar-refractivity contribution in [2.75, 3.05) is 0 Å². The van der Waals surface area contributed by atoms with Crippen molar-refractivity contribution in [3.63, 3.8) is 0 Å². The van der Waals surface area contributed by atoms with Crippen LogP contribution in [0.5, 0.6) is 5.75 Å². The Morgan fingerprint density at radius 2 is 1.94 bits per heavy atom. The molecule has 0 saturated heterocycles. The largest absolute Gasteiger partial charge is 0.478 e. The second-order valence-electron chi connectivity index (χ2n) is 3.63. The fourth-order valence-corrected chi connectivity index (χ4v) is 1.63. The molecule has 0 unspecified atom stereocenters. The number of esters is 1. The summed E-state index contributed by atoms with van der Waals surface area (Å²) in [5, 5.41) is 10.4. The predicted molar refractivity (Wildman–Crippen MR) is 66.7 cm³/mol.